The van der Waals surface area contributed by atoms with Crippen molar-refractivity contribution in [3.8, 4) is 17.2 Å². The Hall–Kier alpha value is -2.38. The van der Waals surface area contributed by atoms with E-state index >= 15 is 0 Å². The molecule has 2 atom stereocenters. The van der Waals surface area contributed by atoms with Gasteiger partial charge in [0.15, 0.2) is 13.6 Å². The van der Waals surface area contributed by atoms with E-state index in [-0.39, 0.29) is 24.9 Å². The molecule has 5 nitrogen and oxygen atoms in total. The first kappa shape index (κ1) is 27.6. The Bertz CT molecular complexity index is 1120. The van der Waals surface area contributed by atoms with Gasteiger partial charge in [0.2, 0.25) is 0 Å². The number of hydrogen-bond acceptors (Lipinski definition) is 6. The second-order valence-corrected chi connectivity index (χ2v) is 10.7. The van der Waals surface area contributed by atoms with Gasteiger partial charge in [0.05, 0.1) is 6.61 Å². The Morgan fingerprint density at radius 3 is 2.11 bits per heavy atom. The third-order valence-electron chi connectivity index (χ3n) is 6.67. The van der Waals surface area contributed by atoms with E-state index in [1.807, 2.05) is 30.0 Å². The van der Waals surface area contributed by atoms with Gasteiger partial charge in [0.25, 0.3) is 0 Å². The van der Waals surface area contributed by atoms with Gasteiger partial charge in [-0.25, -0.2) is 0 Å². The summed E-state index contributed by atoms with van der Waals surface area (Å²) in [5.74, 6) is 4.23. The smallest absolute Gasteiger partial charge is 0.188 e. The molecule has 0 N–H and O–H groups in total. The third kappa shape index (κ3) is 6.74. The van der Waals surface area contributed by atoms with E-state index < -0.39 is 0 Å². The highest BCUT2D eigenvalue weighted by Crippen LogP contribution is 2.53. The Labute approximate surface area is 229 Å². The van der Waals surface area contributed by atoms with Gasteiger partial charge in [-0.1, -0.05) is 37.3 Å². The Kier molecular flexibility index (Phi) is 10.0. The van der Waals surface area contributed by atoms with Crippen molar-refractivity contribution in [2.45, 2.75) is 36.0 Å². The lowest BCUT2D eigenvalue weighted by atomic mass is 9.67. The number of halogens is 1. The molecule has 0 aliphatic carbocycles. The van der Waals surface area contributed by atoms with Crippen LogP contribution < -0.4 is 14.2 Å². The Morgan fingerprint density at radius 1 is 0.811 bits per heavy atom. The predicted molar refractivity (Wildman–Crippen MR) is 150 cm³/mol. The summed E-state index contributed by atoms with van der Waals surface area (Å²) in [6.45, 7) is 3.49. The first-order chi connectivity index (χ1) is 18.1. The maximum absolute atomic E-state index is 5.94. The van der Waals surface area contributed by atoms with Gasteiger partial charge in [0, 0.05) is 42.1 Å². The SMILES string of the molecule is COCOc1ccc(C2(C)CSc3cc(OCOC)ccc3C2c2ccc(OCCCCCl)cc2)cc1. The molecule has 1 aliphatic heterocycles. The molecule has 0 aromatic heterocycles. The average molecular weight is 543 g/mol. The van der Waals surface area contributed by atoms with Crippen molar-refractivity contribution in [2.24, 2.45) is 0 Å². The van der Waals surface area contributed by atoms with Gasteiger partial charge < -0.3 is 23.7 Å². The number of benzene rings is 3. The molecule has 3 aromatic carbocycles. The molecule has 0 fully saturated rings. The molecule has 0 bridgehead atoms. The van der Waals surface area contributed by atoms with Gasteiger partial charge in [-0.15, -0.1) is 23.4 Å². The fraction of sp³-hybridized carbons (Fsp3) is 0.400. The van der Waals surface area contributed by atoms with Crippen molar-refractivity contribution < 1.29 is 23.7 Å². The molecule has 0 amide bonds. The number of ether oxygens (including phenoxy) is 5. The minimum Gasteiger partial charge on any atom is -0.494 e. The lowest BCUT2D eigenvalue weighted by molar-refractivity contribution is 0.0508. The van der Waals surface area contributed by atoms with E-state index in [9.17, 15) is 0 Å². The fourth-order valence-corrected chi connectivity index (χ4v) is 6.28. The van der Waals surface area contributed by atoms with Crippen LogP contribution in [0.3, 0.4) is 0 Å². The van der Waals surface area contributed by atoms with Crippen LogP contribution in [0.2, 0.25) is 0 Å². The van der Waals surface area contributed by atoms with E-state index in [4.69, 9.17) is 35.3 Å². The third-order valence-corrected chi connectivity index (χ3v) is 8.35. The van der Waals surface area contributed by atoms with E-state index in [0.29, 0.717) is 12.5 Å². The molecule has 0 spiro atoms. The average Bonchev–Trinajstić information content (AvgIpc) is 2.94. The maximum atomic E-state index is 5.94. The summed E-state index contributed by atoms with van der Waals surface area (Å²) in [5.41, 5.74) is 3.66. The van der Waals surface area contributed by atoms with Gasteiger partial charge in [-0.05, 0) is 65.9 Å². The van der Waals surface area contributed by atoms with Gasteiger partial charge in [-0.2, -0.15) is 0 Å². The molecule has 7 heteroatoms. The fourth-order valence-electron chi connectivity index (χ4n) is 4.75. The van der Waals surface area contributed by atoms with Crippen LogP contribution in [0.5, 0.6) is 17.2 Å². The topological polar surface area (TPSA) is 46.2 Å². The van der Waals surface area contributed by atoms with Crippen LogP contribution in [0.4, 0.5) is 0 Å². The largest absolute Gasteiger partial charge is 0.494 e. The molecule has 37 heavy (non-hydrogen) atoms. The molecular formula is C30H35ClO5S. The molecule has 0 saturated carbocycles. The Morgan fingerprint density at radius 2 is 1.43 bits per heavy atom. The molecule has 0 radical (unpaired) electrons. The number of rotatable bonds is 13. The molecular weight excluding hydrogens is 508 g/mol. The highest BCUT2D eigenvalue weighted by Gasteiger charge is 2.42. The second kappa shape index (κ2) is 13.4. The van der Waals surface area contributed by atoms with E-state index in [1.165, 1.54) is 21.6 Å². The van der Waals surface area contributed by atoms with Crippen LogP contribution >= 0.6 is 23.4 Å². The zero-order valence-electron chi connectivity index (χ0n) is 21.7. The van der Waals surface area contributed by atoms with Gasteiger partial charge >= 0.3 is 0 Å². The highest BCUT2D eigenvalue weighted by molar-refractivity contribution is 7.99. The first-order valence-corrected chi connectivity index (χ1v) is 14.0. The van der Waals surface area contributed by atoms with Gasteiger partial charge in [0.1, 0.15) is 17.2 Å². The van der Waals surface area contributed by atoms with Crippen molar-refractivity contribution in [3.05, 3.63) is 83.4 Å². The van der Waals surface area contributed by atoms with Crippen LogP contribution in [0, 0.1) is 0 Å². The van der Waals surface area contributed by atoms with Crippen LogP contribution in [0.15, 0.2) is 71.6 Å². The molecule has 198 valence electrons. The summed E-state index contributed by atoms with van der Waals surface area (Å²) < 4.78 is 27.4. The molecule has 0 saturated heterocycles. The highest BCUT2D eigenvalue weighted by atomic mass is 35.5. The lowest BCUT2D eigenvalue weighted by Gasteiger charge is -2.43. The van der Waals surface area contributed by atoms with E-state index in [0.717, 1.165) is 35.8 Å². The molecule has 1 aliphatic rings. The van der Waals surface area contributed by atoms with Crippen LogP contribution in [0.1, 0.15) is 42.4 Å². The quantitative estimate of drug-likeness (QED) is 0.129. The van der Waals surface area contributed by atoms with Gasteiger partial charge in [-0.3, -0.25) is 0 Å². The number of thioether (sulfide) groups is 1. The maximum Gasteiger partial charge on any atom is 0.188 e. The van der Waals surface area contributed by atoms with Crippen molar-refractivity contribution in [2.75, 3.05) is 46.0 Å². The lowest BCUT2D eigenvalue weighted by Crippen LogP contribution is -2.36. The predicted octanol–water partition coefficient (Wildman–Crippen LogP) is 7.25. The standard InChI is InChI=1S/C30H35ClO5S/c1-30(23-8-12-25(13-9-23)35-20-32-2)19-37-28-18-26(36-21-33-3)14-15-27(28)29(30)22-6-10-24(11-7-22)34-17-5-4-16-31/h6-15,18,29H,4-5,16-17,19-21H2,1-3H3. The molecule has 3 aromatic rings. The van der Waals surface area contributed by atoms with E-state index in [1.54, 1.807) is 14.2 Å². The minimum atomic E-state index is -0.144. The summed E-state index contributed by atoms with van der Waals surface area (Å²) in [6.07, 6.45) is 1.91. The summed E-state index contributed by atoms with van der Waals surface area (Å²) in [7, 11) is 3.25. The monoisotopic (exact) mass is 542 g/mol. The molecule has 1 heterocycles. The number of alkyl halides is 1. The molecule has 2 unspecified atom stereocenters. The number of unbranched alkanes of at least 4 members (excludes halogenated alkanes) is 1. The summed E-state index contributed by atoms with van der Waals surface area (Å²) in [5, 5.41) is 0. The van der Waals surface area contributed by atoms with Crippen LogP contribution in [-0.4, -0.2) is 46.0 Å². The number of methoxy groups -OCH3 is 2. The van der Waals surface area contributed by atoms with Crippen LogP contribution in [-0.2, 0) is 14.9 Å². The van der Waals surface area contributed by atoms with Crippen molar-refractivity contribution in [3.63, 3.8) is 0 Å². The van der Waals surface area contributed by atoms with Crippen LogP contribution in [0.25, 0.3) is 0 Å². The summed E-state index contributed by atoms with van der Waals surface area (Å²) in [6, 6.07) is 23.3. The normalized spacial score (nSPS) is 18.8. The van der Waals surface area contributed by atoms with E-state index in [2.05, 4.69) is 55.5 Å². The summed E-state index contributed by atoms with van der Waals surface area (Å²) in [4.78, 5) is 1.23. The zero-order chi connectivity index (χ0) is 26.1. The Balaban J connectivity index is 1.67. The van der Waals surface area contributed by atoms with Crippen molar-refractivity contribution in [1.82, 2.24) is 0 Å². The minimum absolute atomic E-state index is 0.144. The second-order valence-electron chi connectivity index (χ2n) is 9.28. The zero-order valence-corrected chi connectivity index (χ0v) is 23.3. The van der Waals surface area contributed by atoms with Crippen molar-refractivity contribution in [1.29, 1.82) is 0 Å². The number of hydrogen-bond donors (Lipinski definition) is 0. The van der Waals surface area contributed by atoms with Crippen molar-refractivity contribution >= 4 is 23.4 Å². The first-order valence-electron chi connectivity index (χ1n) is 12.5. The molecule has 4 rings (SSSR count). The number of fused-ring (bicyclic) bond motifs is 1. The summed E-state index contributed by atoms with van der Waals surface area (Å²) >= 11 is 7.66.